The molecule has 2 N–H and O–H groups in total. The number of H-pyrrole nitrogens is 1. The average molecular weight is 287 g/mol. The Morgan fingerprint density at radius 1 is 1.43 bits per heavy atom. The van der Waals surface area contributed by atoms with Gasteiger partial charge in [0.1, 0.15) is 5.52 Å². The third kappa shape index (κ3) is 3.60. The Morgan fingerprint density at radius 2 is 2.24 bits per heavy atom. The first-order chi connectivity index (χ1) is 10.2. The Hall–Kier alpha value is -2.36. The first kappa shape index (κ1) is 15.0. The van der Waals surface area contributed by atoms with Crippen molar-refractivity contribution in [3.8, 4) is 6.07 Å². The van der Waals surface area contributed by atoms with Gasteiger partial charge in [-0.3, -0.25) is 0 Å². The molecule has 0 atom stereocenters. The van der Waals surface area contributed by atoms with Crippen LogP contribution in [-0.4, -0.2) is 39.6 Å². The monoisotopic (exact) mass is 287 g/mol. The summed E-state index contributed by atoms with van der Waals surface area (Å²) < 4.78 is 0. The fourth-order valence-electron chi connectivity index (χ4n) is 2.19. The van der Waals surface area contributed by atoms with Gasteiger partial charge in [0, 0.05) is 19.6 Å². The van der Waals surface area contributed by atoms with Gasteiger partial charge in [0.15, 0.2) is 11.5 Å². The van der Waals surface area contributed by atoms with E-state index in [0.29, 0.717) is 30.5 Å². The predicted octanol–water partition coefficient (Wildman–Crippen LogP) is 2.16. The minimum atomic E-state index is 0.461. The predicted molar refractivity (Wildman–Crippen MR) is 83.1 cm³/mol. The van der Waals surface area contributed by atoms with Gasteiger partial charge in [0.25, 0.3) is 0 Å². The Labute approximate surface area is 124 Å². The maximum Gasteiger partial charge on any atom is 0.226 e. The molecule has 0 amide bonds. The normalized spacial score (nSPS) is 10.8. The Balaban J connectivity index is 2.43. The molecule has 0 aliphatic heterocycles. The van der Waals surface area contributed by atoms with Crippen LogP contribution in [0.2, 0.25) is 0 Å². The van der Waals surface area contributed by atoms with E-state index in [0.717, 1.165) is 24.4 Å². The van der Waals surface area contributed by atoms with E-state index < -0.39 is 0 Å². The standard InChI is InChI=1S/C14H21N7/c1-4-16-14-19-12-11(17-9-18-12)13(20-14)21(7-5-6-15)8-10(2)3/h9-10H,4-5,7-8H2,1-3H3,(H2,16,17,18,19,20). The zero-order valence-corrected chi connectivity index (χ0v) is 12.7. The fourth-order valence-corrected chi connectivity index (χ4v) is 2.19. The van der Waals surface area contributed by atoms with Crippen molar-refractivity contribution >= 4 is 22.9 Å². The molecule has 0 saturated heterocycles. The molecule has 0 aromatic carbocycles. The summed E-state index contributed by atoms with van der Waals surface area (Å²) in [6.07, 6.45) is 2.08. The van der Waals surface area contributed by atoms with E-state index in [-0.39, 0.29) is 0 Å². The van der Waals surface area contributed by atoms with Crippen molar-refractivity contribution < 1.29 is 0 Å². The number of fused-ring (bicyclic) bond motifs is 1. The molecule has 2 aromatic rings. The smallest absolute Gasteiger partial charge is 0.226 e. The second-order valence-electron chi connectivity index (χ2n) is 5.25. The maximum absolute atomic E-state index is 8.87. The van der Waals surface area contributed by atoms with Gasteiger partial charge in [-0.1, -0.05) is 13.8 Å². The van der Waals surface area contributed by atoms with Gasteiger partial charge in [-0.25, -0.2) is 4.98 Å². The number of imidazole rings is 1. The first-order valence-corrected chi connectivity index (χ1v) is 7.22. The highest BCUT2D eigenvalue weighted by Crippen LogP contribution is 2.23. The van der Waals surface area contributed by atoms with E-state index in [1.54, 1.807) is 6.33 Å². The van der Waals surface area contributed by atoms with Crippen LogP contribution in [0.15, 0.2) is 6.33 Å². The van der Waals surface area contributed by atoms with Gasteiger partial charge in [0.2, 0.25) is 5.95 Å². The van der Waals surface area contributed by atoms with Gasteiger partial charge in [-0.2, -0.15) is 15.2 Å². The maximum atomic E-state index is 8.87. The molecular formula is C14H21N7. The quantitative estimate of drug-likeness (QED) is 0.810. The third-order valence-corrected chi connectivity index (χ3v) is 2.98. The summed E-state index contributed by atoms with van der Waals surface area (Å²) in [6, 6.07) is 2.20. The number of aromatic amines is 1. The molecule has 2 rings (SSSR count). The van der Waals surface area contributed by atoms with Crippen LogP contribution in [0.1, 0.15) is 27.2 Å². The number of nitrogens with one attached hydrogen (secondary N) is 2. The van der Waals surface area contributed by atoms with Gasteiger partial charge < -0.3 is 15.2 Å². The summed E-state index contributed by atoms with van der Waals surface area (Å²) in [7, 11) is 0. The van der Waals surface area contributed by atoms with Gasteiger partial charge in [0.05, 0.1) is 18.8 Å². The molecule has 7 heteroatoms. The molecule has 0 saturated carbocycles. The molecule has 0 radical (unpaired) electrons. The van der Waals surface area contributed by atoms with Crippen LogP contribution in [0, 0.1) is 17.2 Å². The molecule has 112 valence electrons. The van der Waals surface area contributed by atoms with E-state index in [4.69, 9.17) is 5.26 Å². The zero-order chi connectivity index (χ0) is 15.2. The number of aromatic nitrogens is 4. The van der Waals surface area contributed by atoms with Crippen LogP contribution < -0.4 is 10.2 Å². The second kappa shape index (κ2) is 6.88. The highest BCUT2D eigenvalue weighted by molar-refractivity contribution is 5.84. The summed E-state index contributed by atoms with van der Waals surface area (Å²) in [5, 5.41) is 12.0. The summed E-state index contributed by atoms with van der Waals surface area (Å²) in [5.74, 6) is 1.84. The number of hydrogen-bond acceptors (Lipinski definition) is 6. The van der Waals surface area contributed by atoms with Crippen molar-refractivity contribution in [3.05, 3.63) is 6.33 Å². The van der Waals surface area contributed by atoms with E-state index in [9.17, 15) is 0 Å². The van der Waals surface area contributed by atoms with E-state index >= 15 is 0 Å². The summed E-state index contributed by atoms with van der Waals surface area (Å²) >= 11 is 0. The van der Waals surface area contributed by atoms with Crippen molar-refractivity contribution in [2.45, 2.75) is 27.2 Å². The number of nitriles is 1. The molecule has 0 unspecified atom stereocenters. The SMILES string of the molecule is CCNc1nc(N(CCC#N)CC(C)C)c2[nH]cnc2n1. The lowest BCUT2D eigenvalue weighted by Gasteiger charge is -2.25. The summed E-state index contributed by atoms with van der Waals surface area (Å²) in [6.45, 7) is 8.52. The first-order valence-electron chi connectivity index (χ1n) is 7.22. The van der Waals surface area contributed by atoms with E-state index in [2.05, 4.69) is 50.1 Å². The van der Waals surface area contributed by atoms with Crippen LogP contribution in [0.3, 0.4) is 0 Å². The third-order valence-electron chi connectivity index (χ3n) is 2.98. The molecule has 0 aliphatic rings. The van der Waals surface area contributed by atoms with Crippen LogP contribution >= 0.6 is 0 Å². The van der Waals surface area contributed by atoms with Crippen LogP contribution in [-0.2, 0) is 0 Å². The fraction of sp³-hybridized carbons (Fsp3) is 0.571. The molecule has 0 fully saturated rings. The van der Waals surface area contributed by atoms with Crippen molar-refractivity contribution in [2.24, 2.45) is 5.92 Å². The average Bonchev–Trinajstić information content (AvgIpc) is 2.91. The lowest BCUT2D eigenvalue weighted by atomic mass is 10.2. The molecule has 2 heterocycles. The van der Waals surface area contributed by atoms with Crippen LogP contribution in [0.4, 0.5) is 11.8 Å². The van der Waals surface area contributed by atoms with Crippen molar-refractivity contribution in [1.29, 1.82) is 5.26 Å². The number of rotatable bonds is 7. The lowest BCUT2D eigenvalue weighted by Crippen LogP contribution is -2.30. The second-order valence-corrected chi connectivity index (χ2v) is 5.25. The number of hydrogen-bond donors (Lipinski definition) is 2. The molecular weight excluding hydrogens is 266 g/mol. The Kier molecular flexibility index (Phi) is 4.93. The van der Waals surface area contributed by atoms with Gasteiger partial charge in [-0.05, 0) is 12.8 Å². The molecule has 0 aliphatic carbocycles. The van der Waals surface area contributed by atoms with E-state index in [1.807, 2.05) is 6.92 Å². The minimum Gasteiger partial charge on any atom is -0.354 e. The summed E-state index contributed by atoms with van der Waals surface area (Å²) in [5.41, 5.74) is 1.46. The van der Waals surface area contributed by atoms with Crippen LogP contribution in [0.25, 0.3) is 11.2 Å². The molecule has 21 heavy (non-hydrogen) atoms. The highest BCUT2D eigenvalue weighted by atomic mass is 15.2. The topological polar surface area (TPSA) is 93.5 Å². The van der Waals surface area contributed by atoms with Crippen molar-refractivity contribution in [3.63, 3.8) is 0 Å². The lowest BCUT2D eigenvalue weighted by molar-refractivity contribution is 0.609. The Morgan fingerprint density at radius 3 is 2.90 bits per heavy atom. The van der Waals surface area contributed by atoms with Gasteiger partial charge >= 0.3 is 0 Å². The molecule has 2 aromatic heterocycles. The summed E-state index contributed by atoms with van der Waals surface area (Å²) in [4.78, 5) is 18.4. The highest BCUT2D eigenvalue weighted by Gasteiger charge is 2.17. The van der Waals surface area contributed by atoms with Crippen molar-refractivity contribution in [1.82, 2.24) is 19.9 Å². The Bertz CT molecular complexity index is 626. The number of anilines is 2. The molecule has 0 bridgehead atoms. The largest absolute Gasteiger partial charge is 0.354 e. The molecule has 0 spiro atoms. The number of nitrogens with zero attached hydrogens (tertiary/aromatic N) is 5. The molecule has 7 nitrogen and oxygen atoms in total. The van der Waals surface area contributed by atoms with Crippen molar-refractivity contribution in [2.75, 3.05) is 29.9 Å². The minimum absolute atomic E-state index is 0.461. The zero-order valence-electron chi connectivity index (χ0n) is 12.7. The van der Waals surface area contributed by atoms with Gasteiger partial charge in [-0.15, -0.1) is 0 Å². The van der Waals surface area contributed by atoms with E-state index in [1.165, 1.54) is 0 Å². The van der Waals surface area contributed by atoms with Crippen LogP contribution in [0.5, 0.6) is 0 Å².